The number of amides is 1. The molecule has 0 saturated carbocycles. The Kier molecular flexibility index (Phi) is 8.00. The second-order valence-corrected chi connectivity index (χ2v) is 10.0. The summed E-state index contributed by atoms with van der Waals surface area (Å²) < 4.78 is 6.80. The highest BCUT2D eigenvalue weighted by molar-refractivity contribution is 7.18. The van der Waals surface area contributed by atoms with Gasteiger partial charge in [0.2, 0.25) is 11.9 Å². The number of carbonyl (C=O) groups excluding carboxylic acids is 1. The summed E-state index contributed by atoms with van der Waals surface area (Å²) in [6.07, 6.45) is 2.96. The van der Waals surface area contributed by atoms with Crippen LogP contribution in [0.4, 0.5) is 23.0 Å². The Labute approximate surface area is 220 Å². The fraction of sp³-hybridized carbons (Fsp3) is 0.259. The summed E-state index contributed by atoms with van der Waals surface area (Å²) in [6.45, 7) is 7.19. The van der Waals surface area contributed by atoms with Gasteiger partial charge in [0.15, 0.2) is 0 Å². The highest BCUT2D eigenvalue weighted by Crippen LogP contribution is 2.38. The molecule has 4 aromatic rings. The Morgan fingerprint density at radius 1 is 1.11 bits per heavy atom. The van der Waals surface area contributed by atoms with Crippen molar-refractivity contribution >= 4 is 50.5 Å². The van der Waals surface area contributed by atoms with E-state index in [1.807, 2.05) is 58.4 Å². The van der Waals surface area contributed by atoms with Crippen LogP contribution < -0.4 is 20.3 Å². The highest BCUT2D eigenvalue weighted by atomic mass is 32.1. The first-order valence-corrected chi connectivity index (χ1v) is 12.6. The molecule has 1 amide bonds. The van der Waals surface area contributed by atoms with Crippen molar-refractivity contribution in [3.8, 4) is 17.0 Å². The van der Waals surface area contributed by atoms with Crippen molar-refractivity contribution in [2.75, 3.05) is 56.9 Å². The van der Waals surface area contributed by atoms with E-state index in [1.165, 1.54) is 6.08 Å². The molecule has 0 atom stereocenters. The number of nitrogens with zero attached hydrogens (tertiary/aromatic N) is 5. The number of anilines is 4. The first-order valence-electron chi connectivity index (χ1n) is 11.8. The maximum atomic E-state index is 12.2. The zero-order valence-corrected chi connectivity index (χ0v) is 22.5. The van der Waals surface area contributed by atoms with Gasteiger partial charge in [0.1, 0.15) is 5.75 Å². The van der Waals surface area contributed by atoms with Crippen molar-refractivity contribution in [3.63, 3.8) is 0 Å². The van der Waals surface area contributed by atoms with Crippen LogP contribution in [0.2, 0.25) is 0 Å². The maximum absolute atomic E-state index is 12.2. The van der Waals surface area contributed by atoms with Gasteiger partial charge in [-0.2, -0.15) is 0 Å². The zero-order valence-electron chi connectivity index (χ0n) is 21.7. The summed E-state index contributed by atoms with van der Waals surface area (Å²) in [5.74, 6) is 0.704. The number of benzene rings is 2. The minimum Gasteiger partial charge on any atom is -0.494 e. The van der Waals surface area contributed by atoms with Gasteiger partial charge in [-0.15, -0.1) is 11.3 Å². The molecule has 0 fully saturated rings. The van der Waals surface area contributed by atoms with Crippen LogP contribution in [0.15, 0.2) is 55.3 Å². The highest BCUT2D eigenvalue weighted by Gasteiger charge is 2.17. The normalized spacial score (nSPS) is 11.0. The van der Waals surface area contributed by atoms with Gasteiger partial charge in [0, 0.05) is 38.0 Å². The number of nitrogens with one attached hydrogen (secondary N) is 2. The van der Waals surface area contributed by atoms with Crippen LogP contribution in [-0.2, 0) is 4.79 Å². The van der Waals surface area contributed by atoms with E-state index in [0.29, 0.717) is 23.1 Å². The number of rotatable bonds is 10. The molecule has 2 N–H and O–H groups in total. The lowest BCUT2D eigenvalue weighted by molar-refractivity contribution is -0.111. The van der Waals surface area contributed by atoms with Crippen LogP contribution in [0.3, 0.4) is 0 Å². The second kappa shape index (κ2) is 11.4. The lowest BCUT2D eigenvalue weighted by Gasteiger charge is -2.26. The Hall–Kier alpha value is -4.02. The molecular formula is C27H31N7O2S. The number of carbonyl (C=O) groups is 1. The number of methoxy groups -OCH3 is 1. The molecule has 2 aromatic heterocycles. The average molecular weight is 518 g/mol. The number of hydrogen-bond acceptors (Lipinski definition) is 9. The Morgan fingerprint density at radius 3 is 2.65 bits per heavy atom. The SMILES string of the molecule is C=CC(=O)Nc1cc(Nc2nccc(-c3ccc4nc(C)sc4c3)n2)c(OC)cc1N(C)CCN(C)C. The predicted octanol–water partition coefficient (Wildman–Crippen LogP) is 4.94. The molecule has 0 unspecified atom stereocenters. The van der Waals surface area contributed by atoms with Gasteiger partial charge in [-0.25, -0.2) is 15.0 Å². The molecule has 10 heteroatoms. The van der Waals surface area contributed by atoms with Crippen LogP contribution in [0.5, 0.6) is 5.75 Å². The van der Waals surface area contributed by atoms with Crippen molar-refractivity contribution in [1.82, 2.24) is 19.9 Å². The summed E-state index contributed by atoms with van der Waals surface area (Å²) in [6, 6.07) is 11.7. The molecule has 2 heterocycles. The summed E-state index contributed by atoms with van der Waals surface area (Å²) in [7, 11) is 7.62. The molecule has 0 saturated heterocycles. The van der Waals surface area contributed by atoms with Crippen LogP contribution in [0.25, 0.3) is 21.5 Å². The molecule has 37 heavy (non-hydrogen) atoms. The van der Waals surface area contributed by atoms with Gasteiger partial charge in [-0.05, 0) is 51.4 Å². The summed E-state index contributed by atoms with van der Waals surface area (Å²) in [5, 5.41) is 7.20. The van der Waals surface area contributed by atoms with Gasteiger partial charge in [-0.3, -0.25) is 4.79 Å². The number of ether oxygens (including phenoxy) is 1. The first kappa shape index (κ1) is 26.1. The average Bonchev–Trinajstić information content (AvgIpc) is 3.26. The number of thiazole rings is 1. The van der Waals surface area contributed by atoms with Crippen LogP contribution in [0, 0.1) is 6.92 Å². The number of aromatic nitrogens is 3. The third kappa shape index (κ3) is 6.22. The number of fused-ring (bicyclic) bond motifs is 1. The van der Waals surface area contributed by atoms with Crippen LogP contribution in [-0.4, -0.2) is 67.1 Å². The Morgan fingerprint density at radius 2 is 1.92 bits per heavy atom. The van der Waals surface area contributed by atoms with Gasteiger partial charge in [-0.1, -0.05) is 12.6 Å². The van der Waals surface area contributed by atoms with E-state index in [0.717, 1.165) is 45.3 Å². The molecule has 0 bridgehead atoms. The molecule has 192 valence electrons. The van der Waals surface area contributed by atoms with Crippen molar-refractivity contribution < 1.29 is 9.53 Å². The minimum absolute atomic E-state index is 0.301. The van der Waals surface area contributed by atoms with E-state index >= 15 is 0 Å². The monoisotopic (exact) mass is 517 g/mol. The third-order valence-electron chi connectivity index (χ3n) is 5.75. The van der Waals surface area contributed by atoms with E-state index in [2.05, 4.69) is 43.0 Å². The van der Waals surface area contributed by atoms with E-state index in [-0.39, 0.29) is 5.91 Å². The number of hydrogen-bond donors (Lipinski definition) is 2. The van der Waals surface area contributed by atoms with E-state index in [4.69, 9.17) is 9.72 Å². The molecule has 0 radical (unpaired) electrons. The van der Waals surface area contributed by atoms with Crippen LogP contribution in [0.1, 0.15) is 5.01 Å². The minimum atomic E-state index is -0.301. The van der Waals surface area contributed by atoms with Gasteiger partial charge in [0.25, 0.3) is 0 Å². The van der Waals surface area contributed by atoms with E-state index in [1.54, 1.807) is 24.6 Å². The first-order chi connectivity index (χ1) is 17.8. The molecule has 0 aliphatic carbocycles. The third-order valence-corrected chi connectivity index (χ3v) is 6.68. The Balaban J connectivity index is 1.67. The quantitative estimate of drug-likeness (QED) is 0.286. The van der Waals surface area contributed by atoms with Gasteiger partial charge in [0.05, 0.1) is 45.1 Å². The summed E-state index contributed by atoms with van der Waals surface area (Å²) in [5.41, 5.74) is 4.80. The van der Waals surface area contributed by atoms with Gasteiger partial charge >= 0.3 is 0 Å². The number of likely N-dealkylation sites (N-methyl/N-ethyl adjacent to an activating group) is 2. The second-order valence-electron chi connectivity index (χ2n) is 8.79. The Bertz CT molecular complexity index is 1430. The predicted molar refractivity (Wildman–Crippen MR) is 152 cm³/mol. The van der Waals surface area contributed by atoms with Crippen molar-refractivity contribution in [1.29, 1.82) is 0 Å². The standard InChI is InChI=1S/C27H31N7O2S/c1-7-26(35)30-21-15-22(24(36-6)16-23(21)34(5)13-12-33(3)4)32-27-28-11-10-19(31-27)18-8-9-20-25(14-18)37-17(2)29-20/h7-11,14-16H,1,12-13H2,2-6H3,(H,30,35)(H,28,31,32). The van der Waals surface area contributed by atoms with Gasteiger partial charge < -0.3 is 25.2 Å². The number of aryl methyl sites for hydroxylation is 1. The summed E-state index contributed by atoms with van der Waals surface area (Å²) in [4.78, 5) is 30.0. The lowest BCUT2D eigenvalue weighted by atomic mass is 10.1. The van der Waals surface area contributed by atoms with E-state index in [9.17, 15) is 4.79 Å². The molecule has 2 aromatic carbocycles. The maximum Gasteiger partial charge on any atom is 0.247 e. The largest absolute Gasteiger partial charge is 0.494 e. The molecule has 0 aliphatic heterocycles. The molecule has 9 nitrogen and oxygen atoms in total. The fourth-order valence-corrected chi connectivity index (χ4v) is 4.67. The summed E-state index contributed by atoms with van der Waals surface area (Å²) >= 11 is 1.65. The van der Waals surface area contributed by atoms with Crippen LogP contribution >= 0.6 is 11.3 Å². The smallest absolute Gasteiger partial charge is 0.247 e. The topological polar surface area (TPSA) is 95.5 Å². The molecular weight excluding hydrogens is 486 g/mol. The molecule has 4 rings (SSSR count). The van der Waals surface area contributed by atoms with Crippen molar-refractivity contribution in [2.24, 2.45) is 0 Å². The molecule has 0 spiro atoms. The van der Waals surface area contributed by atoms with E-state index < -0.39 is 0 Å². The van der Waals surface area contributed by atoms with Crippen molar-refractivity contribution in [2.45, 2.75) is 6.92 Å². The zero-order chi connectivity index (χ0) is 26.5. The van der Waals surface area contributed by atoms with Crippen molar-refractivity contribution in [3.05, 3.63) is 60.3 Å². The lowest BCUT2D eigenvalue weighted by Crippen LogP contribution is -2.29. The molecule has 0 aliphatic rings. The fourth-order valence-electron chi connectivity index (χ4n) is 3.81.